The van der Waals surface area contributed by atoms with Crippen molar-refractivity contribution in [2.24, 2.45) is 0 Å². The minimum atomic E-state index is -0.687. The molecule has 1 aliphatic heterocycles. The van der Waals surface area contributed by atoms with Gasteiger partial charge in [0.25, 0.3) is 0 Å². The molecule has 1 rings (SSSR count). The van der Waals surface area contributed by atoms with Crippen LogP contribution in [0.4, 0.5) is 0 Å². The summed E-state index contributed by atoms with van der Waals surface area (Å²) in [6.45, 7) is 15.5. The lowest BCUT2D eigenvalue weighted by atomic mass is 10.0. The molecule has 0 aromatic rings. The number of unbranched alkanes of at least 4 members (excludes halogenated alkanes) is 20. The van der Waals surface area contributed by atoms with Crippen LogP contribution in [0.2, 0.25) is 0 Å². The Morgan fingerprint density at radius 1 is 0.515 bits per heavy atom. The Balaban J connectivity index is 0.0000221. The van der Waals surface area contributed by atoms with E-state index in [1.54, 1.807) is 47.0 Å². The maximum absolute atomic E-state index is 13.3. The number of carbonyl (C=O) groups excluding carboxylic acids is 3. The molecule has 1 saturated heterocycles. The summed E-state index contributed by atoms with van der Waals surface area (Å²) in [4.78, 5) is 40.9. The second kappa shape index (κ2) is 50.2. The van der Waals surface area contributed by atoms with Gasteiger partial charge in [0.2, 0.25) is 0 Å². The first-order valence-corrected chi connectivity index (χ1v) is 32.3. The summed E-state index contributed by atoms with van der Waals surface area (Å²) in [5.74, 6) is 3.06. The van der Waals surface area contributed by atoms with Crippen molar-refractivity contribution in [2.45, 2.75) is 262 Å². The predicted molar refractivity (Wildman–Crippen MR) is 300 cm³/mol. The molecular formula is C55H107NO8S4. The fraction of sp³-hybridized carbons (Fsp3) is 0.945. The van der Waals surface area contributed by atoms with E-state index in [1.165, 1.54) is 103 Å². The van der Waals surface area contributed by atoms with Gasteiger partial charge in [-0.05, 0) is 114 Å². The highest BCUT2D eigenvalue weighted by Crippen LogP contribution is 2.36. The number of hydrogen-bond acceptors (Lipinski definition) is 13. The molecule has 0 N–H and O–H groups in total. The molecule has 0 radical (unpaired) electrons. The third kappa shape index (κ3) is 40.2. The fourth-order valence-electron chi connectivity index (χ4n) is 7.84. The molecule has 1 aliphatic rings. The lowest BCUT2D eigenvalue weighted by Gasteiger charge is -2.28. The zero-order valence-electron chi connectivity index (χ0n) is 45.4. The first kappa shape index (κ1) is 67.7. The van der Waals surface area contributed by atoms with Crippen molar-refractivity contribution in [1.29, 1.82) is 0 Å². The van der Waals surface area contributed by atoms with Crippen molar-refractivity contribution in [1.82, 2.24) is 4.90 Å². The van der Waals surface area contributed by atoms with Crippen molar-refractivity contribution >= 4 is 65.0 Å². The molecular weight excluding hydrogens is 931 g/mol. The number of esters is 3. The number of hydrogen-bond donors (Lipinski definition) is 0. The lowest BCUT2D eigenvalue weighted by Crippen LogP contribution is -2.31. The van der Waals surface area contributed by atoms with Gasteiger partial charge in [0.1, 0.15) is 9.16 Å². The van der Waals surface area contributed by atoms with E-state index in [9.17, 15) is 14.4 Å². The van der Waals surface area contributed by atoms with E-state index in [0.717, 1.165) is 113 Å². The van der Waals surface area contributed by atoms with Crippen LogP contribution in [0.1, 0.15) is 241 Å². The third-order valence-corrected chi connectivity index (χ3v) is 17.7. The number of carbonyl (C=O) groups is 3. The molecule has 0 aromatic heterocycles. The second-order valence-electron chi connectivity index (χ2n) is 18.6. The number of nitrogens with zero attached hydrogens (tertiary/aromatic N) is 1. The Bertz CT molecular complexity index is 1050. The first-order valence-electron chi connectivity index (χ1n) is 28.1. The lowest BCUT2D eigenvalue weighted by molar-refractivity contribution is -0.181. The Labute approximate surface area is 437 Å². The fourth-order valence-corrected chi connectivity index (χ4v) is 12.9. The second-order valence-corrected chi connectivity index (χ2v) is 24.1. The van der Waals surface area contributed by atoms with Crippen molar-refractivity contribution in [2.75, 3.05) is 70.1 Å². The van der Waals surface area contributed by atoms with Crippen LogP contribution in [-0.4, -0.2) is 114 Å². The predicted octanol–water partition coefficient (Wildman–Crippen LogP) is 16.1. The Kier molecular flexibility index (Phi) is 50.0. The van der Waals surface area contributed by atoms with Crippen LogP contribution in [0.15, 0.2) is 0 Å². The van der Waals surface area contributed by atoms with Crippen molar-refractivity contribution in [3.8, 4) is 0 Å². The van der Waals surface area contributed by atoms with Gasteiger partial charge < -0.3 is 28.6 Å². The summed E-state index contributed by atoms with van der Waals surface area (Å²) in [6.07, 6.45) is 33.2. The molecule has 404 valence electrons. The van der Waals surface area contributed by atoms with Crippen LogP contribution in [0.25, 0.3) is 0 Å². The van der Waals surface area contributed by atoms with Gasteiger partial charge in [-0.25, -0.2) is 9.59 Å². The Hall–Kier alpha value is -0.310. The standard InChI is InChI=1S/C53H101NO8S4.C2H6/c1-7-11-15-19-29-42-63-51(64-43-30-20-16-12-8-2)49(56)59-39-27-23-25-36-53(61-46-47(62-53)35-41-58-48(55)34-33-38-54(5)6)37-26-24-28-40-60-50(57)52(65-44-31-21-17-13-9-3)66-45-32-22-18-14-10-4;1-2/h47,51-52H,7-46H2,1-6H3;1-2H3. The molecule has 1 fully saturated rings. The zero-order chi connectivity index (χ0) is 50.2. The zero-order valence-corrected chi connectivity index (χ0v) is 48.6. The van der Waals surface area contributed by atoms with Crippen molar-refractivity contribution < 1.29 is 38.1 Å². The molecule has 0 spiro atoms. The van der Waals surface area contributed by atoms with E-state index in [2.05, 4.69) is 32.6 Å². The smallest absolute Gasteiger partial charge is 0.329 e. The third-order valence-electron chi connectivity index (χ3n) is 11.9. The van der Waals surface area contributed by atoms with Gasteiger partial charge in [0.05, 0.1) is 32.5 Å². The maximum atomic E-state index is 13.3. The average molecular weight is 1040 g/mol. The van der Waals surface area contributed by atoms with E-state index in [-0.39, 0.29) is 33.2 Å². The van der Waals surface area contributed by atoms with Crippen LogP contribution in [0, 0.1) is 0 Å². The van der Waals surface area contributed by atoms with Crippen LogP contribution in [0.5, 0.6) is 0 Å². The highest BCUT2D eigenvalue weighted by molar-refractivity contribution is 8.18. The van der Waals surface area contributed by atoms with Gasteiger partial charge in [0, 0.05) is 25.7 Å². The normalized spacial score (nSPS) is 14.4. The van der Waals surface area contributed by atoms with E-state index in [4.69, 9.17) is 23.7 Å². The SMILES string of the molecule is CC.CCCCCCCSC(SCCCCCCC)C(=O)OCCCCCC1(CCCCCOC(=O)C(SCCCCCCC)SCCCCCCC)OCC(CCOC(=O)CCCN(C)C)O1. The summed E-state index contributed by atoms with van der Waals surface area (Å²) >= 11 is 7.11. The average Bonchev–Trinajstić information content (AvgIpc) is 3.74. The van der Waals surface area contributed by atoms with Gasteiger partial charge >= 0.3 is 17.9 Å². The van der Waals surface area contributed by atoms with E-state index < -0.39 is 5.79 Å². The molecule has 0 aliphatic carbocycles. The molecule has 1 unspecified atom stereocenters. The highest BCUT2D eigenvalue weighted by Gasteiger charge is 2.40. The van der Waals surface area contributed by atoms with Crippen LogP contribution < -0.4 is 0 Å². The van der Waals surface area contributed by atoms with Gasteiger partial charge in [-0.15, -0.1) is 47.0 Å². The van der Waals surface area contributed by atoms with Gasteiger partial charge in [-0.1, -0.05) is 144 Å². The molecule has 0 bridgehead atoms. The van der Waals surface area contributed by atoms with Crippen LogP contribution in [0.3, 0.4) is 0 Å². The van der Waals surface area contributed by atoms with Gasteiger partial charge in [-0.2, -0.15) is 0 Å². The quantitative estimate of drug-likeness (QED) is 0.0250. The highest BCUT2D eigenvalue weighted by atomic mass is 32.2. The minimum absolute atomic E-state index is 0.0680. The number of ether oxygens (including phenoxy) is 5. The number of rotatable bonds is 49. The number of thioether (sulfide) groups is 4. The van der Waals surface area contributed by atoms with Crippen LogP contribution in [-0.2, 0) is 38.1 Å². The maximum Gasteiger partial charge on any atom is 0.329 e. The molecule has 1 heterocycles. The monoisotopic (exact) mass is 1040 g/mol. The topological polar surface area (TPSA) is 101 Å². The van der Waals surface area contributed by atoms with Crippen LogP contribution >= 0.6 is 47.0 Å². The molecule has 1 atom stereocenters. The molecule has 9 nitrogen and oxygen atoms in total. The molecule has 0 aromatic carbocycles. The van der Waals surface area contributed by atoms with Crippen molar-refractivity contribution in [3.63, 3.8) is 0 Å². The Morgan fingerprint density at radius 2 is 0.897 bits per heavy atom. The molecule has 13 heteroatoms. The summed E-state index contributed by atoms with van der Waals surface area (Å²) < 4.78 is 30.2. The summed E-state index contributed by atoms with van der Waals surface area (Å²) in [7, 11) is 4.01. The molecule has 0 saturated carbocycles. The van der Waals surface area contributed by atoms with E-state index in [0.29, 0.717) is 39.3 Å². The van der Waals surface area contributed by atoms with Gasteiger partial charge in [-0.3, -0.25) is 4.79 Å². The molecule has 68 heavy (non-hydrogen) atoms. The van der Waals surface area contributed by atoms with E-state index in [1.807, 2.05) is 27.9 Å². The Morgan fingerprint density at radius 3 is 1.28 bits per heavy atom. The largest absolute Gasteiger partial charge is 0.466 e. The van der Waals surface area contributed by atoms with Gasteiger partial charge in [0.15, 0.2) is 5.79 Å². The van der Waals surface area contributed by atoms with Crippen molar-refractivity contribution in [3.05, 3.63) is 0 Å². The molecule has 0 amide bonds. The summed E-state index contributed by atoms with van der Waals surface area (Å²) in [6, 6.07) is 0. The van der Waals surface area contributed by atoms with E-state index >= 15 is 0 Å². The summed E-state index contributed by atoms with van der Waals surface area (Å²) in [5.41, 5.74) is 0. The summed E-state index contributed by atoms with van der Waals surface area (Å²) in [5, 5.41) is 0. The first-order chi connectivity index (χ1) is 33.2. The minimum Gasteiger partial charge on any atom is -0.466 e.